The molecule has 1 atom stereocenters. The first-order chi connectivity index (χ1) is 10.7. The molecule has 0 aliphatic carbocycles. The van der Waals surface area contributed by atoms with Gasteiger partial charge in [-0.15, -0.1) is 0 Å². The molecular formula is C16H12ClF4NO. The van der Waals surface area contributed by atoms with Gasteiger partial charge in [0, 0.05) is 5.02 Å². The number of hydrogen-bond acceptors (Lipinski definition) is 1. The van der Waals surface area contributed by atoms with Crippen LogP contribution in [0.3, 0.4) is 0 Å². The van der Waals surface area contributed by atoms with Gasteiger partial charge in [-0.3, -0.25) is 4.79 Å². The molecule has 0 saturated carbocycles. The largest absolute Gasteiger partial charge is 0.416 e. The van der Waals surface area contributed by atoms with E-state index in [1.807, 2.05) is 0 Å². The molecule has 23 heavy (non-hydrogen) atoms. The predicted molar refractivity (Wildman–Crippen MR) is 78.7 cm³/mol. The molecule has 0 heterocycles. The van der Waals surface area contributed by atoms with Crippen molar-refractivity contribution in [3.05, 3.63) is 70.0 Å². The molecule has 2 rings (SSSR count). The minimum absolute atomic E-state index is 0.162. The first-order valence-corrected chi connectivity index (χ1v) is 6.99. The van der Waals surface area contributed by atoms with Gasteiger partial charge in [0.2, 0.25) is 0 Å². The summed E-state index contributed by atoms with van der Waals surface area (Å²) in [5.74, 6) is -1.44. The SMILES string of the molecule is CC(NC(=O)c1ccc(Cl)cc1F)c1ccc(C(F)(F)F)cc1. The second-order valence-electron chi connectivity index (χ2n) is 4.94. The van der Waals surface area contributed by atoms with E-state index in [9.17, 15) is 22.4 Å². The summed E-state index contributed by atoms with van der Waals surface area (Å²) >= 11 is 5.61. The summed E-state index contributed by atoms with van der Waals surface area (Å²) in [6.07, 6.45) is -4.42. The van der Waals surface area contributed by atoms with E-state index in [-0.39, 0.29) is 10.6 Å². The Bertz CT molecular complexity index is 713. The Morgan fingerprint density at radius 3 is 2.26 bits per heavy atom. The van der Waals surface area contributed by atoms with Gasteiger partial charge in [0.25, 0.3) is 5.91 Å². The van der Waals surface area contributed by atoms with Gasteiger partial charge in [-0.05, 0) is 42.8 Å². The minimum Gasteiger partial charge on any atom is -0.345 e. The number of amides is 1. The molecule has 0 aliphatic heterocycles. The lowest BCUT2D eigenvalue weighted by molar-refractivity contribution is -0.137. The summed E-state index contributed by atoms with van der Waals surface area (Å²) in [7, 11) is 0. The van der Waals surface area contributed by atoms with Gasteiger partial charge >= 0.3 is 6.18 Å². The molecule has 0 saturated heterocycles. The van der Waals surface area contributed by atoms with Gasteiger partial charge in [0.05, 0.1) is 17.2 Å². The van der Waals surface area contributed by atoms with Crippen LogP contribution in [0.1, 0.15) is 34.5 Å². The second-order valence-corrected chi connectivity index (χ2v) is 5.38. The van der Waals surface area contributed by atoms with Crippen LogP contribution in [0.2, 0.25) is 5.02 Å². The second kappa shape index (κ2) is 6.58. The Labute approximate surface area is 135 Å². The Hall–Kier alpha value is -2.08. The summed E-state index contributed by atoms with van der Waals surface area (Å²) < 4.78 is 51.2. The Kier molecular flexibility index (Phi) is 4.94. The van der Waals surface area contributed by atoms with Crippen LogP contribution in [0, 0.1) is 5.82 Å². The van der Waals surface area contributed by atoms with Gasteiger partial charge in [-0.2, -0.15) is 13.2 Å². The van der Waals surface area contributed by atoms with Gasteiger partial charge in [0.1, 0.15) is 5.82 Å². The maximum atomic E-state index is 13.7. The Morgan fingerprint density at radius 2 is 1.74 bits per heavy atom. The van der Waals surface area contributed by atoms with Gasteiger partial charge in [-0.25, -0.2) is 4.39 Å². The average molecular weight is 346 g/mol. The highest BCUT2D eigenvalue weighted by Crippen LogP contribution is 2.30. The zero-order chi connectivity index (χ0) is 17.2. The van der Waals surface area contributed by atoms with Crippen molar-refractivity contribution in [1.29, 1.82) is 0 Å². The van der Waals surface area contributed by atoms with E-state index in [0.717, 1.165) is 18.2 Å². The van der Waals surface area contributed by atoms with Gasteiger partial charge in [0.15, 0.2) is 0 Å². The van der Waals surface area contributed by atoms with Crippen LogP contribution in [0.15, 0.2) is 42.5 Å². The highest BCUT2D eigenvalue weighted by molar-refractivity contribution is 6.30. The fourth-order valence-electron chi connectivity index (χ4n) is 1.99. The number of carbonyl (C=O) groups excluding carboxylic acids is 1. The van der Waals surface area contributed by atoms with Crippen LogP contribution < -0.4 is 5.32 Å². The first kappa shape index (κ1) is 17.3. The molecule has 1 unspecified atom stereocenters. The Balaban J connectivity index is 2.12. The van der Waals surface area contributed by atoms with Crippen LogP contribution in [-0.2, 0) is 6.18 Å². The zero-order valence-electron chi connectivity index (χ0n) is 11.9. The zero-order valence-corrected chi connectivity index (χ0v) is 12.7. The number of benzene rings is 2. The van der Waals surface area contributed by atoms with Gasteiger partial charge < -0.3 is 5.32 Å². The van der Waals surface area contributed by atoms with Gasteiger partial charge in [-0.1, -0.05) is 23.7 Å². The number of hydrogen-bond donors (Lipinski definition) is 1. The van der Waals surface area contributed by atoms with E-state index in [4.69, 9.17) is 11.6 Å². The number of halogens is 5. The number of rotatable bonds is 3. The van der Waals surface area contributed by atoms with Crippen LogP contribution in [0.25, 0.3) is 0 Å². The average Bonchev–Trinajstić information content (AvgIpc) is 2.46. The summed E-state index contributed by atoms with van der Waals surface area (Å²) in [6, 6.07) is 7.45. The maximum absolute atomic E-state index is 13.7. The topological polar surface area (TPSA) is 29.1 Å². The van der Waals surface area contributed by atoms with E-state index in [2.05, 4.69) is 5.32 Å². The summed E-state index contributed by atoms with van der Waals surface area (Å²) in [5, 5.41) is 2.69. The summed E-state index contributed by atoms with van der Waals surface area (Å²) in [5.41, 5.74) is -0.489. The van der Waals surface area contributed by atoms with Crippen molar-refractivity contribution >= 4 is 17.5 Å². The molecule has 2 aromatic carbocycles. The maximum Gasteiger partial charge on any atom is 0.416 e. The lowest BCUT2D eigenvalue weighted by Crippen LogP contribution is -2.27. The third-order valence-corrected chi connectivity index (χ3v) is 3.50. The lowest BCUT2D eigenvalue weighted by Gasteiger charge is -2.16. The molecule has 122 valence electrons. The van der Waals surface area contributed by atoms with Crippen molar-refractivity contribution in [3.8, 4) is 0 Å². The molecule has 1 amide bonds. The first-order valence-electron chi connectivity index (χ1n) is 6.61. The fourth-order valence-corrected chi connectivity index (χ4v) is 2.15. The summed E-state index contributed by atoms with van der Waals surface area (Å²) in [4.78, 5) is 12.0. The number of carbonyl (C=O) groups is 1. The molecular weight excluding hydrogens is 334 g/mol. The number of nitrogens with one attached hydrogen (secondary N) is 1. The van der Waals surface area contributed by atoms with Crippen LogP contribution >= 0.6 is 11.6 Å². The van der Waals surface area contributed by atoms with Crippen molar-refractivity contribution in [2.24, 2.45) is 0 Å². The third-order valence-electron chi connectivity index (χ3n) is 3.26. The molecule has 0 aromatic heterocycles. The van der Waals surface area contributed by atoms with Crippen LogP contribution in [0.4, 0.5) is 17.6 Å². The molecule has 1 N–H and O–H groups in total. The van der Waals surface area contributed by atoms with Crippen LogP contribution in [0.5, 0.6) is 0 Å². The highest BCUT2D eigenvalue weighted by atomic mass is 35.5. The molecule has 0 radical (unpaired) electrons. The summed E-state index contributed by atoms with van der Waals surface area (Å²) in [6.45, 7) is 1.59. The molecule has 0 bridgehead atoms. The van der Waals surface area contributed by atoms with E-state index < -0.39 is 29.5 Å². The quantitative estimate of drug-likeness (QED) is 0.780. The predicted octanol–water partition coefficient (Wildman–Crippen LogP) is 4.99. The van der Waals surface area contributed by atoms with E-state index in [1.165, 1.54) is 24.3 Å². The van der Waals surface area contributed by atoms with Crippen molar-refractivity contribution in [1.82, 2.24) is 5.32 Å². The lowest BCUT2D eigenvalue weighted by atomic mass is 10.1. The normalized spacial score (nSPS) is 12.8. The van der Waals surface area contributed by atoms with E-state index in [0.29, 0.717) is 5.56 Å². The molecule has 0 spiro atoms. The molecule has 0 aliphatic rings. The van der Waals surface area contributed by atoms with Crippen LogP contribution in [-0.4, -0.2) is 5.91 Å². The molecule has 7 heteroatoms. The molecule has 0 fully saturated rings. The van der Waals surface area contributed by atoms with Crippen molar-refractivity contribution in [2.75, 3.05) is 0 Å². The monoisotopic (exact) mass is 345 g/mol. The van der Waals surface area contributed by atoms with Crippen molar-refractivity contribution in [3.63, 3.8) is 0 Å². The van der Waals surface area contributed by atoms with Crippen molar-refractivity contribution < 1.29 is 22.4 Å². The standard InChI is InChI=1S/C16H12ClF4NO/c1-9(10-2-4-11(5-3-10)16(19,20)21)22-15(23)13-7-6-12(17)8-14(13)18/h2-9H,1H3,(H,22,23). The van der Waals surface area contributed by atoms with E-state index in [1.54, 1.807) is 6.92 Å². The highest BCUT2D eigenvalue weighted by Gasteiger charge is 2.30. The third kappa shape index (κ3) is 4.22. The fraction of sp³-hybridized carbons (Fsp3) is 0.188. The molecule has 2 nitrogen and oxygen atoms in total. The number of alkyl halides is 3. The minimum atomic E-state index is -4.42. The van der Waals surface area contributed by atoms with E-state index >= 15 is 0 Å². The van der Waals surface area contributed by atoms with Crippen molar-refractivity contribution in [2.45, 2.75) is 19.1 Å². The molecule has 2 aromatic rings. The smallest absolute Gasteiger partial charge is 0.345 e. The Morgan fingerprint density at radius 1 is 1.13 bits per heavy atom.